The summed E-state index contributed by atoms with van der Waals surface area (Å²) in [5.74, 6) is -0.819. The molecule has 1 heterocycles. The third-order valence-corrected chi connectivity index (χ3v) is 4.86. The number of rotatable bonds is 7. The Bertz CT molecular complexity index is 1100. The zero-order valence-corrected chi connectivity index (χ0v) is 17.7. The van der Waals surface area contributed by atoms with Crippen molar-refractivity contribution in [2.45, 2.75) is 6.61 Å². The molecule has 1 amide bonds. The molecule has 0 atom stereocenters. The maximum Gasteiger partial charge on any atom is 0.335 e. The number of aromatic nitrogens is 1. The van der Waals surface area contributed by atoms with E-state index in [0.29, 0.717) is 10.2 Å². The number of hydrogen-bond donors (Lipinski definition) is 2. The number of carbonyl (C=O) groups is 2. The molecule has 0 aliphatic carbocycles. The molecule has 152 valence electrons. The summed E-state index contributed by atoms with van der Waals surface area (Å²) < 4.78 is 6.47. The highest BCUT2D eigenvalue weighted by atomic mass is 79.9. The van der Waals surface area contributed by atoms with E-state index >= 15 is 0 Å². The van der Waals surface area contributed by atoms with Crippen LogP contribution >= 0.6 is 27.5 Å². The molecule has 2 aromatic carbocycles. The molecule has 3 rings (SSSR count). The van der Waals surface area contributed by atoms with Crippen molar-refractivity contribution < 1.29 is 19.4 Å². The van der Waals surface area contributed by atoms with Gasteiger partial charge in [0, 0.05) is 6.20 Å². The number of carboxylic acid groups (broad SMARTS) is 1. The highest BCUT2D eigenvalue weighted by Gasteiger charge is 2.09. The summed E-state index contributed by atoms with van der Waals surface area (Å²) in [7, 11) is 0. The maximum absolute atomic E-state index is 12.0. The molecule has 1 aromatic heterocycles. The number of carboxylic acids is 1. The van der Waals surface area contributed by atoms with Crippen LogP contribution in [-0.2, 0) is 6.61 Å². The van der Waals surface area contributed by atoms with Gasteiger partial charge in [-0.2, -0.15) is 5.10 Å². The Morgan fingerprint density at radius 3 is 2.63 bits per heavy atom. The van der Waals surface area contributed by atoms with Crippen molar-refractivity contribution in [3.05, 3.63) is 92.7 Å². The number of nitrogens with zero attached hydrogens (tertiary/aromatic N) is 2. The van der Waals surface area contributed by atoms with Gasteiger partial charge in [-0.3, -0.25) is 4.79 Å². The van der Waals surface area contributed by atoms with Gasteiger partial charge in [-0.15, -0.1) is 0 Å². The van der Waals surface area contributed by atoms with E-state index in [1.54, 1.807) is 42.5 Å². The predicted octanol–water partition coefficient (Wildman–Crippen LogP) is 4.54. The van der Waals surface area contributed by atoms with Crippen molar-refractivity contribution in [1.82, 2.24) is 10.4 Å². The Labute approximate surface area is 185 Å². The van der Waals surface area contributed by atoms with Crippen LogP contribution < -0.4 is 10.2 Å². The van der Waals surface area contributed by atoms with E-state index in [2.05, 4.69) is 31.4 Å². The number of pyridine rings is 1. The van der Waals surface area contributed by atoms with Gasteiger partial charge in [-0.25, -0.2) is 15.2 Å². The van der Waals surface area contributed by atoms with Crippen LogP contribution in [0.5, 0.6) is 5.75 Å². The summed E-state index contributed by atoms with van der Waals surface area (Å²) >= 11 is 9.32. The number of aromatic carboxylic acids is 1. The van der Waals surface area contributed by atoms with Gasteiger partial charge in [0.25, 0.3) is 5.91 Å². The smallest absolute Gasteiger partial charge is 0.335 e. The molecule has 7 nitrogen and oxygen atoms in total. The minimum absolute atomic E-state index is 0.104. The fourth-order valence-electron chi connectivity index (χ4n) is 2.40. The second kappa shape index (κ2) is 10.00. The van der Waals surface area contributed by atoms with Crippen molar-refractivity contribution in [2.75, 3.05) is 0 Å². The quantitative estimate of drug-likeness (QED) is 0.289. The van der Waals surface area contributed by atoms with E-state index in [1.165, 1.54) is 24.5 Å². The van der Waals surface area contributed by atoms with Gasteiger partial charge in [0.1, 0.15) is 17.5 Å². The zero-order chi connectivity index (χ0) is 21.5. The summed E-state index contributed by atoms with van der Waals surface area (Å²) in [5.41, 5.74) is 4.43. The Morgan fingerprint density at radius 2 is 1.97 bits per heavy atom. The minimum Gasteiger partial charge on any atom is -0.488 e. The van der Waals surface area contributed by atoms with Gasteiger partial charge in [-0.05, 0) is 69.5 Å². The highest BCUT2D eigenvalue weighted by Crippen LogP contribution is 2.26. The van der Waals surface area contributed by atoms with Gasteiger partial charge in [0.15, 0.2) is 0 Å². The van der Waals surface area contributed by atoms with E-state index in [9.17, 15) is 9.59 Å². The lowest BCUT2D eigenvalue weighted by Crippen LogP contribution is -2.18. The summed E-state index contributed by atoms with van der Waals surface area (Å²) in [6, 6.07) is 15.0. The number of hydrazone groups is 1. The van der Waals surface area contributed by atoms with Crippen LogP contribution in [0.3, 0.4) is 0 Å². The number of halogens is 2. The normalized spacial score (nSPS) is 10.7. The molecule has 0 bridgehead atoms. The first-order valence-corrected chi connectivity index (χ1v) is 9.79. The van der Waals surface area contributed by atoms with Crippen molar-refractivity contribution in [2.24, 2.45) is 5.10 Å². The minimum atomic E-state index is -0.970. The van der Waals surface area contributed by atoms with Crippen molar-refractivity contribution >= 4 is 45.6 Å². The predicted molar refractivity (Wildman–Crippen MR) is 116 cm³/mol. The van der Waals surface area contributed by atoms with E-state index in [1.807, 2.05) is 0 Å². The second-order valence-electron chi connectivity index (χ2n) is 6.02. The number of benzene rings is 2. The number of ether oxygens (including phenoxy) is 1. The van der Waals surface area contributed by atoms with Crippen LogP contribution in [0.2, 0.25) is 5.15 Å². The molecule has 30 heavy (non-hydrogen) atoms. The number of nitrogens with one attached hydrogen (secondary N) is 1. The van der Waals surface area contributed by atoms with Gasteiger partial charge < -0.3 is 9.84 Å². The monoisotopic (exact) mass is 487 g/mol. The topological polar surface area (TPSA) is 101 Å². The van der Waals surface area contributed by atoms with Crippen LogP contribution in [-0.4, -0.2) is 28.2 Å². The number of hydrogen-bond acceptors (Lipinski definition) is 5. The summed E-state index contributed by atoms with van der Waals surface area (Å²) in [5, 5.41) is 13.0. The van der Waals surface area contributed by atoms with Crippen LogP contribution in [0.25, 0.3) is 0 Å². The highest BCUT2D eigenvalue weighted by molar-refractivity contribution is 9.10. The molecule has 0 spiro atoms. The molecule has 0 aliphatic heterocycles. The van der Waals surface area contributed by atoms with Gasteiger partial charge >= 0.3 is 5.97 Å². The van der Waals surface area contributed by atoms with Crippen LogP contribution in [0.1, 0.15) is 31.8 Å². The number of amides is 1. The van der Waals surface area contributed by atoms with E-state index < -0.39 is 11.9 Å². The SMILES string of the molecule is O=C(O)c1ccc(COc2ccc(C=NNC(=O)c3cccnc3Cl)cc2Br)cc1. The first-order chi connectivity index (χ1) is 14.4. The molecule has 9 heteroatoms. The fraction of sp³-hybridized carbons (Fsp3) is 0.0476. The first kappa shape index (κ1) is 21.5. The molecular formula is C21H15BrClN3O4. The molecule has 0 aliphatic rings. The third-order valence-electron chi connectivity index (χ3n) is 3.93. The Kier molecular flexibility index (Phi) is 7.16. The van der Waals surface area contributed by atoms with Crippen molar-refractivity contribution in [3.63, 3.8) is 0 Å². The largest absolute Gasteiger partial charge is 0.488 e. The van der Waals surface area contributed by atoms with Gasteiger partial charge in [0.05, 0.1) is 21.8 Å². The van der Waals surface area contributed by atoms with E-state index in [4.69, 9.17) is 21.4 Å². The Morgan fingerprint density at radius 1 is 1.20 bits per heavy atom. The summed E-state index contributed by atoms with van der Waals surface area (Å²) in [4.78, 5) is 26.8. The molecule has 2 N–H and O–H groups in total. The first-order valence-electron chi connectivity index (χ1n) is 8.62. The zero-order valence-electron chi connectivity index (χ0n) is 15.4. The fourth-order valence-corrected chi connectivity index (χ4v) is 3.12. The van der Waals surface area contributed by atoms with Gasteiger partial charge in [0.2, 0.25) is 0 Å². The van der Waals surface area contributed by atoms with E-state index in [-0.39, 0.29) is 22.9 Å². The standard InChI is InChI=1S/C21H15BrClN3O4/c22-17-10-14(11-25-26-20(27)16-2-1-9-24-19(16)23)5-8-18(17)30-12-13-3-6-15(7-4-13)21(28)29/h1-11H,12H2,(H,26,27)(H,28,29). The summed E-state index contributed by atoms with van der Waals surface area (Å²) in [6.07, 6.45) is 2.98. The summed E-state index contributed by atoms with van der Waals surface area (Å²) in [6.45, 7) is 0.286. The van der Waals surface area contributed by atoms with Crippen LogP contribution in [0, 0.1) is 0 Å². The second-order valence-corrected chi connectivity index (χ2v) is 7.23. The lowest BCUT2D eigenvalue weighted by atomic mass is 10.1. The molecule has 0 saturated heterocycles. The van der Waals surface area contributed by atoms with Crippen molar-refractivity contribution in [3.8, 4) is 5.75 Å². The van der Waals surface area contributed by atoms with Crippen LogP contribution in [0.15, 0.2) is 70.4 Å². The third kappa shape index (κ3) is 5.65. The molecular weight excluding hydrogens is 474 g/mol. The van der Waals surface area contributed by atoms with Gasteiger partial charge in [-0.1, -0.05) is 23.7 Å². The average molecular weight is 489 g/mol. The lowest BCUT2D eigenvalue weighted by molar-refractivity contribution is 0.0696. The Balaban J connectivity index is 1.58. The van der Waals surface area contributed by atoms with Crippen LogP contribution in [0.4, 0.5) is 0 Å². The molecule has 0 fully saturated rings. The molecule has 0 radical (unpaired) electrons. The Hall–Kier alpha value is -3.23. The van der Waals surface area contributed by atoms with E-state index in [0.717, 1.165) is 11.1 Å². The lowest BCUT2D eigenvalue weighted by Gasteiger charge is -2.09. The number of carbonyl (C=O) groups excluding carboxylic acids is 1. The molecule has 3 aromatic rings. The maximum atomic E-state index is 12.0. The molecule has 0 unspecified atom stereocenters. The molecule has 0 saturated carbocycles. The average Bonchev–Trinajstić information content (AvgIpc) is 2.73. The van der Waals surface area contributed by atoms with Crippen molar-refractivity contribution in [1.29, 1.82) is 0 Å².